The molecule has 5 aliphatic rings. The number of phenols is 1. The third-order valence-corrected chi connectivity index (χ3v) is 12.2. The smallest absolute Gasteiger partial charge is 0.319 e. The minimum absolute atomic E-state index is 0.00784. The number of pyridine rings is 1. The van der Waals surface area contributed by atoms with E-state index in [4.69, 9.17) is 23.9 Å². The number of benzene rings is 2. The van der Waals surface area contributed by atoms with Gasteiger partial charge in [-0.1, -0.05) is 18.6 Å². The van der Waals surface area contributed by atoms with Gasteiger partial charge in [0.2, 0.25) is 5.88 Å². The molecular weight excluding hydrogens is 672 g/mol. The summed E-state index contributed by atoms with van der Waals surface area (Å²) in [7, 11) is 1.41. The van der Waals surface area contributed by atoms with Crippen molar-refractivity contribution in [1.29, 1.82) is 0 Å². The lowest BCUT2D eigenvalue weighted by molar-refractivity contribution is -0.0798. The maximum atomic E-state index is 17.1. The molecule has 5 atom stereocenters. The van der Waals surface area contributed by atoms with Crippen LogP contribution >= 0.6 is 0 Å². The second-order valence-electron chi connectivity index (χ2n) is 15.3. The normalized spacial score (nSPS) is 29.4. The Hall–Kier alpha value is -3.91. The molecule has 2 N–H and O–H groups in total. The van der Waals surface area contributed by atoms with Crippen molar-refractivity contribution >= 4 is 27.5 Å². The van der Waals surface area contributed by atoms with Gasteiger partial charge in [-0.15, -0.1) is 0 Å². The summed E-state index contributed by atoms with van der Waals surface area (Å²) in [5.74, 6) is -1.27. The van der Waals surface area contributed by atoms with Crippen molar-refractivity contribution in [2.24, 2.45) is 5.41 Å². The van der Waals surface area contributed by atoms with E-state index in [1.54, 1.807) is 6.07 Å². The van der Waals surface area contributed by atoms with Crippen molar-refractivity contribution in [2.75, 3.05) is 51.5 Å². The van der Waals surface area contributed by atoms with Gasteiger partial charge in [-0.25, -0.2) is 13.8 Å². The van der Waals surface area contributed by atoms with E-state index in [0.717, 1.165) is 64.3 Å². The average Bonchev–Trinajstić information content (AvgIpc) is 3.65. The Morgan fingerprint density at radius 2 is 1.83 bits per heavy atom. The molecule has 6 heterocycles. The molecule has 2 bridgehead atoms. The number of hydrogen-bond acceptors (Lipinski definition) is 11. The first-order valence-corrected chi connectivity index (χ1v) is 18.7. The zero-order chi connectivity index (χ0) is 35.6. The van der Waals surface area contributed by atoms with Crippen molar-refractivity contribution in [3.05, 3.63) is 42.0 Å². The second-order valence-corrected chi connectivity index (χ2v) is 15.3. The number of aliphatic hydroxyl groups excluding tert-OH is 1. The number of ether oxygens (including phenoxy) is 4. The van der Waals surface area contributed by atoms with Gasteiger partial charge in [0.05, 0.1) is 45.2 Å². The molecule has 2 aromatic heterocycles. The van der Waals surface area contributed by atoms with Crippen LogP contribution in [0.15, 0.2) is 30.3 Å². The van der Waals surface area contributed by atoms with Crippen LogP contribution in [0.2, 0.25) is 0 Å². The monoisotopic (exact) mass is 717 g/mol. The number of hydrogen-bond donors (Lipinski definition) is 2. The summed E-state index contributed by atoms with van der Waals surface area (Å²) in [5.41, 5.74) is -0.368. The minimum atomic E-state index is -0.832. The van der Waals surface area contributed by atoms with Crippen molar-refractivity contribution in [2.45, 2.75) is 88.2 Å². The molecule has 0 radical (unpaired) electrons. The van der Waals surface area contributed by atoms with Crippen LogP contribution in [0, 0.1) is 17.0 Å². The molecule has 5 fully saturated rings. The van der Waals surface area contributed by atoms with Crippen LogP contribution in [0.3, 0.4) is 0 Å². The van der Waals surface area contributed by atoms with Crippen molar-refractivity contribution in [1.82, 2.24) is 19.9 Å². The number of methoxy groups -OCH3 is 1. The van der Waals surface area contributed by atoms with E-state index in [9.17, 15) is 10.2 Å². The Morgan fingerprint density at radius 3 is 2.65 bits per heavy atom. The Labute approximate surface area is 300 Å². The molecule has 5 unspecified atom stereocenters. The Kier molecular flexibility index (Phi) is 8.80. The first-order valence-electron chi connectivity index (χ1n) is 18.7. The van der Waals surface area contributed by atoms with Crippen LogP contribution in [0.1, 0.15) is 57.8 Å². The summed E-state index contributed by atoms with van der Waals surface area (Å²) in [6, 6.07) is 8.07. The standard InChI is InChI=1S/C39H45F2N5O6/c1-49-37-32-35(33(41)34(42-37)28-18-24(47)15-22-5-2-6-29(40)31(22)28)43-38(44-36(32)45-13-14-50-20-25(48)19-45)51-21-39-10-3-7-30(39)46(12-4-11-39)23-16-26-8-9-27(17-23)52-26/h2,5-6,15,18,23,25-27,30,47-48H,3-4,7-14,16-17,19-21H2,1H3. The van der Waals surface area contributed by atoms with E-state index in [0.29, 0.717) is 55.3 Å². The number of phenolic OH excluding ortho intramolecular Hbond substituents is 1. The van der Waals surface area contributed by atoms with E-state index >= 15 is 8.78 Å². The van der Waals surface area contributed by atoms with Gasteiger partial charge >= 0.3 is 6.01 Å². The molecule has 2 aromatic carbocycles. The van der Waals surface area contributed by atoms with Crippen LogP contribution < -0.4 is 14.4 Å². The Bertz CT molecular complexity index is 1990. The molecule has 0 spiro atoms. The Balaban J connectivity index is 1.13. The van der Waals surface area contributed by atoms with Gasteiger partial charge in [0.1, 0.15) is 34.0 Å². The van der Waals surface area contributed by atoms with Gasteiger partial charge in [0.15, 0.2) is 5.82 Å². The molecule has 0 amide bonds. The molecular formula is C39H45F2N5O6. The number of rotatable bonds is 7. The first-order chi connectivity index (χ1) is 25.3. The van der Waals surface area contributed by atoms with Gasteiger partial charge in [-0.3, -0.25) is 4.90 Å². The van der Waals surface area contributed by atoms with E-state index in [1.807, 2.05) is 4.90 Å². The van der Waals surface area contributed by atoms with Gasteiger partial charge in [-0.2, -0.15) is 9.97 Å². The first kappa shape index (κ1) is 33.9. The molecule has 276 valence electrons. The summed E-state index contributed by atoms with van der Waals surface area (Å²) in [4.78, 5) is 18.7. The van der Waals surface area contributed by atoms with Crippen LogP contribution in [-0.2, 0) is 9.47 Å². The molecule has 11 nitrogen and oxygen atoms in total. The lowest BCUT2D eigenvalue weighted by atomic mass is 9.74. The maximum Gasteiger partial charge on any atom is 0.319 e. The number of fused-ring (bicyclic) bond motifs is 5. The highest BCUT2D eigenvalue weighted by Gasteiger charge is 2.51. The number of aromatic hydroxyl groups is 1. The topological polar surface area (TPSA) is 123 Å². The predicted octanol–water partition coefficient (Wildman–Crippen LogP) is 5.76. The van der Waals surface area contributed by atoms with E-state index in [1.165, 1.54) is 31.4 Å². The summed E-state index contributed by atoms with van der Waals surface area (Å²) in [6.07, 6.45) is 9.79. The van der Waals surface area contributed by atoms with Crippen molar-refractivity contribution < 1.29 is 37.9 Å². The highest BCUT2D eigenvalue weighted by atomic mass is 19.1. The molecule has 4 aromatic rings. The molecule has 4 saturated heterocycles. The molecule has 4 aliphatic heterocycles. The third kappa shape index (κ3) is 5.89. The summed E-state index contributed by atoms with van der Waals surface area (Å²) in [6.45, 7) is 2.48. The van der Waals surface area contributed by atoms with Gasteiger partial charge in [0.25, 0.3) is 0 Å². The average molecular weight is 718 g/mol. The SMILES string of the molecule is COc1nc(-c2cc(O)cc3cccc(F)c23)c(F)c2nc(OCC34CCCC3N(C3CC5CCC(C3)O5)CCC4)nc(N3CCOCC(O)C3)c12. The quantitative estimate of drug-likeness (QED) is 0.243. The second kappa shape index (κ2) is 13.5. The fourth-order valence-electron chi connectivity index (χ4n) is 9.95. The van der Waals surface area contributed by atoms with E-state index in [2.05, 4.69) is 14.9 Å². The van der Waals surface area contributed by atoms with Crippen LogP contribution in [0.4, 0.5) is 14.6 Å². The zero-order valence-electron chi connectivity index (χ0n) is 29.4. The van der Waals surface area contributed by atoms with Gasteiger partial charge < -0.3 is 34.1 Å². The molecule has 52 heavy (non-hydrogen) atoms. The fraction of sp³-hybridized carbons (Fsp3) is 0.564. The maximum absolute atomic E-state index is 17.1. The molecule has 1 aliphatic carbocycles. The summed E-state index contributed by atoms with van der Waals surface area (Å²) < 4.78 is 56.6. The number of piperidine rings is 1. The Morgan fingerprint density at radius 1 is 1.00 bits per heavy atom. The highest BCUT2D eigenvalue weighted by molar-refractivity contribution is 6.02. The number of β-amino-alcohol motifs (C(OH)–C–C–N with tert-alkyl or cyclic N) is 1. The van der Waals surface area contributed by atoms with Crippen molar-refractivity contribution in [3.8, 4) is 28.9 Å². The lowest BCUT2D eigenvalue weighted by Gasteiger charge is -2.50. The predicted molar refractivity (Wildman–Crippen MR) is 190 cm³/mol. The largest absolute Gasteiger partial charge is 0.508 e. The summed E-state index contributed by atoms with van der Waals surface area (Å²) in [5, 5.41) is 22.0. The van der Waals surface area contributed by atoms with E-state index < -0.39 is 17.7 Å². The molecule has 1 saturated carbocycles. The number of likely N-dealkylation sites (tertiary alicyclic amines) is 1. The minimum Gasteiger partial charge on any atom is -0.508 e. The van der Waals surface area contributed by atoms with Crippen LogP contribution in [0.25, 0.3) is 32.9 Å². The molecule has 9 rings (SSSR count). The fourth-order valence-corrected chi connectivity index (χ4v) is 9.95. The van der Waals surface area contributed by atoms with Crippen LogP contribution in [-0.4, -0.2) is 107 Å². The third-order valence-electron chi connectivity index (χ3n) is 12.2. The van der Waals surface area contributed by atoms with Crippen LogP contribution in [0.5, 0.6) is 17.6 Å². The number of nitrogens with zero attached hydrogens (tertiary/aromatic N) is 5. The zero-order valence-corrected chi connectivity index (χ0v) is 29.4. The lowest BCUT2D eigenvalue weighted by Crippen LogP contribution is -2.57. The number of anilines is 1. The molecule has 13 heteroatoms. The van der Waals surface area contributed by atoms with Gasteiger partial charge in [-0.05, 0) is 81.5 Å². The number of aliphatic hydroxyl groups is 1. The number of aromatic nitrogens is 3. The highest BCUT2D eigenvalue weighted by Crippen LogP contribution is 2.50. The van der Waals surface area contributed by atoms with E-state index in [-0.39, 0.29) is 63.8 Å². The van der Waals surface area contributed by atoms with Crippen molar-refractivity contribution in [3.63, 3.8) is 0 Å². The van der Waals surface area contributed by atoms with Gasteiger partial charge in [0, 0.05) is 41.5 Å². The number of halogens is 2. The summed E-state index contributed by atoms with van der Waals surface area (Å²) >= 11 is 0.